The minimum Gasteiger partial charge on any atom is -0.377 e. The van der Waals surface area contributed by atoms with Gasteiger partial charge in [0.05, 0.1) is 35.7 Å². The zero-order valence-electron chi connectivity index (χ0n) is 10.4. The van der Waals surface area contributed by atoms with E-state index in [9.17, 15) is 4.79 Å². The molecule has 0 fully saturated rings. The van der Waals surface area contributed by atoms with Crippen molar-refractivity contribution in [2.75, 3.05) is 5.32 Å². The molecule has 2 heterocycles. The predicted molar refractivity (Wildman–Crippen MR) is 80.6 cm³/mol. The van der Waals surface area contributed by atoms with Crippen LogP contribution in [-0.4, -0.2) is 14.8 Å². The summed E-state index contributed by atoms with van der Waals surface area (Å²) in [5.41, 5.74) is 1.43. The Balaban J connectivity index is 2.15. The molecule has 0 radical (unpaired) electrons. The highest BCUT2D eigenvalue weighted by Gasteiger charge is 2.08. The molecule has 0 aliphatic heterocycles. The van der Waals surface area contributed by atoms with Crippen LogP contribution in [0.2, 0.25) is 0 Å². The first-order chi connectivity index (χ1) is 9.11. The van der Waals surface area contributed by atoms with Crippen LogP contribution in [0, 0.1) is 6.92 Å². The van der Waals surface area contributed by atoms with E-state index in [1.165, 1.54) is 4.68 Å². The maximum Gasteiger partial charge on any atom is 0.283 e. The molecular formula is C12H13BrN4OS. The van der Waals surface area contributed by atoms with Crippen LogP contribution in [0.4, 0.5) is 5.69 Å². The monoisotopic (exact) mass is 340 g/mol. The average Bonchev–Trinajstić information content (AvgIpc) is 2.80. The third-order valence-corrected chi connectivity index (χ3v) is 4.00. The van der Waals surface area contributed by atoms with Gasteiger partial charge in [-0.15, -0.1) is 17.9 Å². The van der Waals surface area contributed by atoms with Gasteiger partial charge in [-0.1, -0.05) is 6.08 Å². The maximum atomic E-state index is 11.9. The van der Waals surface area contributed by atoms with Crippen molar-refractivity contribution >= 4 is 33.0 Å². The highest BCUT2D eigenvalue weighted by Crippen LogP contribution is 2.17. The third kappa shape index (κ3) is 3.30. The Kier molecular flexibility index (Phi) is 4.49. The van der Waals surface area contributed by atoms with Crippen LogP contribution >= 0.6 is 27.3 Å². The number of thiazole rings is 1. The van der Waals surface area contributed by atoms with E-state index in [1.54, 1.807) is 23.6 Å². The van der Waals surface area contributed by atoms with E-state index in [1.807, 2.05) is 12.3 Å². The van der Waals surface area contributed by atoms with Gasteiger partial charge in [-0.3, -0.25) is 4.79 Å². The molecule has 0 aliphatic carbocycles. The van der Waals surface area contributed by atoms with Crippen LogP contribution < -0.4 is 10.9 Å². The van der Waals surface area contributed by atoms with Crippen molar-refractivity contribution in [2.45, 2.75) is 20.0 Å². The minimum absolute atomic E-state index is 0.181. The van der Waals surface area contributed by atoms with Gasteiger partial charge in [0, 0.05) is 5.38 Å². The van der Waals surface area contributed by atoms with Crippen molar-refractivity contribution < 1.29 is 0 Å². The van der Waals surface area contributed by atoms with E-state index in [2.05, 4.69) is 37.9 Å². The van der Waals surface area contributed by atoms with Crippen molar-refractivity contribution in [3.05, 3.63) is 49.8 Å². The summed E-state index contributed by atoms with van der Waals surface area (Å²) in [7, 11) is 0. The highest BCUT2D eigenvalue weighted by molar-refractivity contribution is 9.10. The maximum absolute atomic E-state index is 11.9. The van der Waals surface area contributed by atoms with Gasteiger partial charge < -0.3 is 5.32 Å². The van der Waals surface area contributed by atoms with E-state index >= 15 is 0 Å². The fourth-order valence-electron chi connectivity index (χ4n) is 1.52. The first kappa shape index (κ1) is 14.0. The second-order valence-electron chi connectivity index (χ2n) is 3.86. The number of nitrogens with one attached hydrogen (secondary N) is 1. The Bertz CT molecular complexity index is 649. The molecule has 0 spiro atoms. The van der Waals surface area contributed by atoms with Gasteiger partial charge in [-0.05, 0) is 22.9 Å². The van der Waals surface area contributed by atoms with Gasteiger partial charge in [0.25, 0.3) is 5.56 Å². The largest absolute Gasteiger partial charge is 0.377 e. The molecule has 0 saturated carbocycles. The zero-order chi connectivity index (χ0) is 13.8. The van der Waals surface area contributed by atoms with Crippen LogP contribution in [0.3, 0.4) is 0 Å². The van der Waals surface area contributed by atoms with Crippen molar-refractivity contribution in [1.29, 1.82) is 0 Å². The molecule has 2 aromatic heterocycles. The second kappa shape index (κ2) is 6.12. The normalized spacial score (nSPS) is 10.4. The number of halogens is 1. The first-order valence-corrected chi connectivity index (χ1v) is 7.30. The number of aromatic nitrogens is 3. The Labute approximate surface area is 123 Å². The molecule has 0 aliphatic rings. The van der Waals surface area contributed by atoms with Crippen molar-refractivity contribution in [3.63, 3.8) is 0 Å². The van der Waals surface area contributed by atoms with Gasteiger partial charge in [0.1, 0.15) is 4.47 Å². The third-order valence-electron chi connectivity index (χ3n) is 2.41. The Morgan fingerprint density at radius 3 is 3.05 bits per heavy atom. The predicted octanol–water partition coefficient (Wildman–Crippen LogP) is 2.57. The van der Waals surface area contributed by atoms with Crippen LogP contribution in [0.25, 0.3) is 0 Å². The molecule has 2 rings (SSSR count). The van der Waals surface area contributed by atoms with E-state index in [0.717, 1.165) is 10.7 Å². The van der Waals surface area contributed by atoms with Crippen LogP contribution in [0.5, 0.6) is 0 Å². The molecular weight excluding hydrogens is 328 g/mol. The van der Waals surface area contributed by atoms with E-state index in [0.29, 0.717) is 23.2 Å². The molecule has 1 N–H and O–H groups in total. The lowest BCUT2D eigenvalue weighted by Gasteiger charge is -2.08. The number of hydrogen-bond acceptors (Lipinski definition) is 5. The quantitative estimate of drug-likeness (QED) is 0.850. The van der Waals surface area contributed by atoms with Gasteiger partial charge in [0.2, 0.25) is 0 Å². The molecule has 19 heavy (non-hydrogen) atoms. The van der Waals surface area contributed by atoms with Gasteiger partial charge >= 0.3 is 0 Å². The first-order valence-electron chi connectivity index (χ1n) is 5.63. The number of rotatable bonds is 5. The van der Waals surface area contributed by atoms with E-state index in [4.69, 9.17) is 0 Å². The Morgan fingerprint density at radius 2 is 2.42 bits per heavy atom. The summed E-state index contributed by atoms with van der Waals surface area (Å²) in [6.45, 7) is 6.51. The number of nitrogens with zero attached hydrogens (tertiary/aromatic N) is 3. The summed E-state index contributed by atoms with van der Waals surface area (Å²) in [6.07, 6.45) is 3.25. The molecule has 0 unspecified atom stereocenters. The van der Waals surface area contributed by atoms with Gasteiger partial charge in [-0.25, -0.2) is 9.67 Å². The van der Waals surface area contributed by atoms with E-state index < -0.39 is 0 Å². The molecule has 0 bridgehead atoms. The van der Waals surface area contributed by atoms with Crippen molar-refractivity contribution in [2.24, 2.45) is 0 Å². The Hall–Kier alpha value is -1.47. The van der Waals surface area contributed by atoms with Crippen molar-refractivity contribution in [3.8, 4) is 0 Å². The summed E-state index contributed by atoms with van der Waals surface area (Å²) < 4.78 is 1.81. The summed E-state index contributed by atoms with van der Waals surface area (Å²) in [5.74, 6) is 0. The molecule has 0 saturated heterocycles. The molecule has 2 aromatic rings. The second-order valence-corrected chi connectivity index (χ2v) is 5.71. The van der Waals surface area contributed by atoms with Crippen molar-refractivity contribution in [1.82, 2.24) is 14.8 Å². The molecule has 0 atom stereocenters. The van der Waals surface area contributed by atoms with E-state index in [-0.39, 0.29) is 5.56 Å². The number of anilines is 1. The van der Waals surface area contributed by atoms with Crippen LogP contribution in [0.15, 0.2) is 33.5 Å². The molecule has 5 nitrogen and oxygen atoms in total. The summed E-state index contributed by atoms with van der Waals surface area (Å²) >= 11 is 4.89. The molecule has 0 amide bonds. The highest BCUT2D eigenvalue weighted by atomic mass is 79.9. The van der Waals surface area contributed by atoms with Crippen LogP contribution in [0.1, 0.15) is 10.7 Å². The fourth-order valence-corrected chi connectivity index (χ4v) is 2.58. The number of hydrogen-bond donors (Lipinski definition) is 1. The SMILES string of the molecule is C=CCn1ncc(NCc2csc(C)n2)c(Br)c1=O. The van der Waals surface area contributed by atoms with Crippen LogP contribution in [-0.2, 0) is 13.1 Å². The number of aryl methyl sites for hydroxylation is 1. The lowest BCUT2D eigenvalue weighted by Crippen LogP contribution is -2.23. The average molecular weight is 341 g/mol. The topological polar surface area (TPSA) is 59.8 Å². The standard InChI is InChI=1S/C12H13BrN4OS/c1-3-4-17-12(18)11(13)10(6-15-17)14-5-9-7-19-8(2)16-9/h3,6-7,14H,1,4-5H2,2H3. The number of allylic oxidation sites excluding steroid dienone is 1. The zero-order valence-corrected chi connectivity index (χ0v) is 12.8. The van der Waals surface area contributed by atoms with Gasteiger partial charge in [0.15, 0.2) is 0 Å². The summed E-state index contributed by atoms with van der Waals surface area (Å²) in [4.78, 5) is 16.3. The smallest absolute Gasteiger partial charge is 0.283 e. The molecule has 100 valence electrons. The summed E-state index contributed by atoms with van der Waals surface area (Å²) in [5, 5.41) is 10.2. The molecule has 7 heteroatoms. The fraction of sp³-hybridized carbons (Fsp3) is 0.250. The lowest BCUT2D eigenvalue weighted by molar-refractivity contribution is 0.649. The lowest BCUT2D eigenvalue weighted by atomic mass is 10.4. The molecule has 0 aromatic carbocycles. The van der Waals surface area contributed by atoms with Gasteiger partial charge in [-0.2, -0.15) is 5.10 Å². The Morgan fingerprint density at radius 1 is 1.63 bits per heavy atom. The summed E-state index contributed by atoms with van der Waals surface area (Å²) in [6, 6.07) is 0. The minimum atomic E-state index is -0.181.